The van der Waals surface area contributed by atoms with Crippen LogP contribution in [0.5, 0.6) is 5.75 Å². The highest BCUT2D eigenvalue weighted by atomic mass is 16.5. The van der Waals surface area contributed by atoms with Crippen LogP contribution in [0.2, 0.25) is 0 Å². The van der Waals surface area contributed by atoms with Crippen molar-refractivity contribution in [1.29, 1.82) is 0 Å². The largest absolute Gasteiger partial charge is 0.496 e. The van der Waals surface area contributed by atoms with Crippen LogP contribution in [-0.4, -0.2) is 31.1 Å². The predicted molar refractivity (Wildman–Crippen MR) is 74.9 cm³/mol. The Balaban J connectivity index is 2.21. The molecule has 18 heavy (non-hydrogen) atoms. The van der Waals surface area contributed by atoms with Gasteiger partial charge in [0.1, 0.15) is 5.75 Å². The number of rotatable bonds is 3. The molecule has 0 saturated carbocycles. The van der Waals surface area contributed by atoms with Crippen molar-refractivity contribution in [1.82, 2.24) is 4.90 Å². The summed E-state index contributed by atoms with van der Waals surface area (Å²) in [7, 11) is 1.74. The molecule has 1 fully saturated rings. The fourth-order valence-electron chi connectivity index (χ4n) is 2.77. The first-order valence-corrected chi connectivity index (χ1v) is 6.76. The number of ether oxygens (including phenoxy) is 1. The lowest BCUT2D eigenvalue weighted by Crippen LogP contribution is -2.43. The Hall–Kier alpha value is -1.06. The lowest BCUT2D eigenvalue weighted by atomic mass is 9.99. The lowest BCUT2D eigenvalue weighted by Gasteiger charge is -2.36. The quantitative estimate of drug-likeness (QED) is 0.893. The number of hydrogen-bond acceptors (Lipinski definition) is 3. The smallest absolute Gasteiger partial charge is 0.123 e. The number of benzene rings is 1. The molecule has 2 atom stereocenters. The molecule has 1 aliphatic heterocycles. The van der Waals surface area contributed by atoms with Crippen molar-refractivity contribution in [2.24, 2.45) is 5.73 Å². The molecule has 2 unspecified atom stereocenters. The monoisotopic (exact) mass is 248 g/mol. The van der Waals surface area contributed by atoms with Crippen LogP contribution in [0.25, 0.3) is 0 Å². The zero-order valence-electron chi connectivity index (χ0n) is 11.6. The van der Waals surface area contributed by atoms with Crippen LogP contribution in [0.15, 0.2) is 18.2 Å². The first-order valence-electron chi connectivity index (χ1n) is 6.76. The first-order chi connectivity index (χ1) is 8.61. The Morgan fingerprint density at radius 3 is 2.89 bits per heavy atom. The minimum absolute atomic E-state index is 0.317. The van der Waals surface area contributed by atoms with E-state index in [9.17, 15) is 0 Å². The minimum Gasteiger partial charge on any atom is -0.496 e. The molecule has 0 amide bonds. The number of methoxy groups -OCH3 is 1. The van der Waals surface area contributed by atoms with Crippen LogP contribution in [0.3, 0.4) is 0 Å². The van der Waals surface area contributed by atoms with Gasteiger partial charge in [-0.2, -0.15) is 0 Å². The van der Waals surface area contributed by atoms with Crippen molar-refractivity contribution in [2.75, 3.05) is 20.2 Å². The summed E-state index contributed by atoms with van der Waals surface area (Å²) < 4.78 is 5.48. The number of nitrogens with two attached hydrogens (primary N) is 1. The maximum Gasteiger partial charge on any atom is 0.123 e. The van der Waals surface area contributed by atoms with Gasteiger partial charge in [-0.3, -0.25) is 4.90 Å². The molecular formula is C15H24N2O. The van der Waals surface area contributed by atoms with Crippen molar-refractivity contribution in [3.05, 3.63) is 29.3 Å². The second-order valence-corrected chi connectivity index (χ2v) is 5.32. The van der Waals surface area contributed by atoms with Crippen LogP contribution in [0.1, 0.15) is 36.9 Å². The van der Waals surface area contributed by atoms with Gasteiger partial charge in [-0.1, -0.05) is 17.7 Å². The molecule has 100 valence electrons. The Morgan fingerprint density at radius 1 is 1.44 bits per heavy atom. The van der Waals surface area contributed by atoms with Crippen molar-refractivity contribution >= 4 is 0 Å². The van der Waals surface area contributed by atoms with Crippen molar-refractivity contribution in [3.63, 3.8) is 0 Å². The molecule has 3 heteroatoms. The van der Waals surface area contributed by atoms with E-state index in [1.807, 2.05) is 0 Å². The molecule has 1 aromatic carbocycles. The van der Waals surface area contributed by atoms with Crippen molar-refractivity contribution < 1.29 is 4.74 Å². The molecule has 0 aromatic heterocycles. The van der Waals surface area contributed by atoms with E-state index in [4.69, 9.17) is 10.5 Å². The van der Waals surface area contributed by atoms with E-state index in [0.717, 1.165) is 25.3 Å². The minimum atomic E-state index is 0.317. The molecule has 1 saturated heterocycles. The molecule has 1 heterocycles. The third kappa shape index (κ3) is 2.85. The van der Waals surface area contributed by atoms with Gasteiger partial charge < -0.3 is 10.5 Å². The third-order valence-corrected chi connectivity index (χ3v) is 3.87. The SMILES string of the molecule is COc1ccc(C)cc1C(C)N1CCCC(N)C1. The van der Waals surface area contributed by atoms with Gasteiger partial charge in [0.25, 0.3) is 0 Å². The maximum atomic E-state index is 6.07. The Bertz CT molecular complexity index is 405. The van der Waals surface area contributed by atoms with Gasteiger partial charge in [-0.25, -0.2) is 0 Å². The van der Waals surface area contributed by atoms with Crippen LogP contribution >= 0.6 is 0 Å². The Labute approximate surface area is 110 Å². The standard InChI is InChI=1S/C15H24N2O/c1-11-6-7-15(18-3)14(9-11)12(2)17-8-4-5-13(16)10-17/h6-7,9,12-13H,4-5,8,10,16H2,1-3H3. The zero-order valence-corrected chi connectivity index (χ0v) is 11.6. The van der Waals surface area contributed by atoms with E-state index in [-0.39, 0.29) is 0 Å². The lowest BCUT2D eigenvalue weighted by molar-refractivity contribution is 0.157. The number of piperidine rings is 1. The molecular weight excluding hydrogens is 224 g/mol. The molecule has 2 rings (SSSR count). The fraction of sp³-hybridized carbons (Fsp3) is 0.600. The molecule has 2 N–H and O–H groups in total. The molecule has 0 spiro atoms. The molecule has 3 nitrogen and oxygen atoms in total. The summed E-state index contributed by atoms with van der Waals surface area (Å²) in [4.78, 5) is 2.46. The van der Waals surface area contributed by atoms with Gasteiger partial charge in [-0.05, 0) is 39.3 Å². The Morgan fingerprint density at radius 2 is 2.22 bits per heavy atom. The van der Waals surface area contributed by atoms with E-state index in [1.165, 1.54) is 17.5 Å². The maximum absolute atomic E-state index is 6.07. The fourth-order valence-corrected chi connectivity index (χ4v) is 2.77. The highest BCUT2D eigenvalue weighted by molar-refractivity contribution is 5.39. The van der Waals surface area contributed by atoms with Crippen LogP contribution in [0.4, 0.5) is 0 Å². The average Bonchev–Trinajstić information content (AvgIpc) is 2.38. The average molecular weight is 248 g/mol. The van der Waals surface area contributed by atoms with Gasteiger partial charge in [-0.15, -0.1) is 0 Å². The van der Waals surface area contributed by atoms with Crippen LogP contribution in [-0.2, 0) is 0 Å². The molecule has 1 aliphatic rings. The normalized spacial score (nSPS) is 22.8. The summed E-state index contributed by atoms with van der Waals surface area (Å²) in [6.07, 6.45) is 2.34. The van der Waals surface area contributed by atoms with E-state index in [1.54, 1.807) is 7.11 Å². The van der Waals surface area contributed by atoms with E-state index in [2.05, 4.69) is 36.9 Å². The number of likely N-dealkylation sites (tertiary alicyclic amines) is 1. The summed E-state index contributed by atoms with van der Waals surface area (Å²) in [5, 5.41) is 0. The summed E-state index contributed by atoms with van der Waals surface area (Å²) in [5.74, 6) is 0.979. The van der Waals surface area contributed by atoms with Gasteiger partial charge in [0, 0.05) is 24.2 Å². The van der Waals surface area contributed by atoms with Gasteiger partial charge >= 0.3 is 0 Å². The second-order valence-electron chi connectivity index (χ2n) is 5.32. The van der Waals surface area contributed by atoms with Gasteiger partial charge in [0.15, 0.2) is 0 Å². The molecule has 0 aliphatic carbocycles. The van der Waals surface area contributed by atoms with Crippen molar-refractivity contribution in [3.8, 4) is 5.75 Å². The summed E-state index contributed by atoms with van der Waals surface area (Å²) >= 11 is 0. The molecule has 1 aromatic rings. The zero-order chi connectivity index (χ0) is 13.1. The third-order valence-electron chi connectivity index (χ3n) is 3.87. The summed E-state index contributed by atoms with van der Waals surface area (Å²) in [6.45, 7) is 6.48. The summed E-state index contributed by atoms with van der Waals surface area (Å²) in [6, 6.07) is 7.06. The van der Waals surface area contributed by atoms with Crippen LogP contribution in [0, 0.1) is 6.92 Å². The number of aryl methyl sites for hydroxylation is 1. The summed E-state index contributed by atoms with van der Waals surface area (Å²) in [5.41, 5.74) is 8.62. The highest BCUT2D eigenvalue weighted by Gasteiger charge is 2.24. The topological polar surface area (TPSA) is 38.5 Å². The number of nitrogens with zero attached hydrogens (tertiary/aromatic N) is 1. The second kappa shape index (κ2) is 5.72. The Kier molecular flexibility index (Phi) is 4.25. The molecule has 0 bridgehead atoms. The van der Waals surface area contributed by atoms with Crippen LogP contribution < -0.4 is 10.5 Å². The first kappa shape index (κ1) is 13.4. The number of hydrogen-bond donors (Lipinski definition) is 1. The van der Waals surface area contributed by atoms with Crippen molar-refractivity contribution in [2.45, 2.75) is 38.8 Å². The van der Waals surface area contributed by atoms with E-state index in [0.29, 0.717) is 12.1 Å². The van der Waals surface area contributed by atoms with E-state index >= 15 is 0 Å². The van der Waals surface area contributed by atoms with E-state index < -0.39 is 0 Å². The van der Waals surface area contributed by atoms with Gasteiger partial charge in [0.05, 0.1) is 7.11 Å². The van der Waals surface area contributed by atoms with Gasteiger partial charge in [0.2, 0.25) is 0 Å². The predicted octanol–water partition coefficient (Wildman–Crippen LogP) is 2.49. The molecule has 0 radical (unpaired) electrons. The highest BCUT2D eigenvalue weighted by Crippen LogP contribution is 2.31.